The molecule has 0 atom stereocenters. The summed E-state index contributed by atoms with van der Waals surface area (Å²) in [4.78, 5) is 24.8. The number of nitrogens with one attached hydrogen (secondary N) is 1. The lowest BCUT2D eigenvalue weighted by molar-refractivity contribution is -0.118. The maximum atomic E-state index is 12.1. The predicted octanol–water partition coefficient (Wildman–Crippen LogP) is 3.77. The van der Waals surface area contributed by atoms with Crippen LogP contribution in [-0.2, 0) is 4.79 Å². The van der Waals surface area contributed by atoms with E-state index in [1.165, 1.54) is 11.3 Å². The number of thiazole rings is 1. The molecule has 0 unspecified atom stereocenters. The van der Waals surface area contributed by atoms with E-state index in [0.717, 1.165) is 22.2 Å². The van der Waals surface area contributed by atoms with Crippen LogP contribution in [0.3, 0.4) is 0 Å². The maximum Gasteiger partial charge on any atom is 0.264 e. The number of benzene rings is 1. The van der Waals surface area contributed by atoms with Crippen LogP contribution in [0.4, 0.5) is 5.13 Å². The molecule has 1 aromatic carbocycles. The van der Waals surface area contributed by atoms with E-state index in [4.69, 9.17) is 4.74 Å². The zero-order valence-corrected chi connectivity index (χ0v) is 14.4. The minimum Gasteiger partial charge on any atom is -0.484 e. The van der Waals surface area contributed by atoms with Crippen LogP contribution in [0.5, 0.6) is 5.75 Å². The van der Waals surface area contributed by atoms with Crippen molar-refractivity contribution in [1.29, 1.82) is 0 Å². The zero-order valence-electron chi connectivity index (χ0n) is 13.6. The van der Waals surface area contributed by atoms with Crippen LogP contribution >= 0.6 is 11.3 Å². The van der Waals surface area contributed by atoms with Gasteiger partial charge in [-0.15, -0.1) is 11.3 Å². The summed E-state index contributed by atoms with van der Waals surface area (Å²) in [5.74, 6) is 0.365. The van der Waals surface area contributed by atoms with Gasteiger partial charge in [0.25, 0.3) is 5.91 Å². The minimum absolute atomic E-state index is 0.0874. The standard InChI is InChI=1S/C19H14N4O2S/c24-18(11-25-15-3-4-16-14(10-15)2-1-7-21-16)23-19-22-17(12-26-19)13-5-8-20-9-6-13/h1-10,12H,11H2,(H,22,23,24). The molecule has 1 N–H and O–H groups in total. The first-order chi connectivity index (χ1) is 12.8. The number of hydrogen-bond donors (Lipinski definition) is 1. The van der Waals surface area contributed by atoms with Crippen molar-refractivity contribution in [2.24, 2.45) is 0 Å². The first-order valence-corrected chi connectivity index (χ1v) is 8.79. The molecule has 0 aliphatic carbocycles. The molecule has 0 aliphatic rings. The first kappa shape index (κ1) is 16.2. The van der Waals surface area contributed by atoms with Gasteiger partial charge in [-0.3, -0.25) is 20.1 Å². The number of nitrogens with zero attached hydrogens (tertiary/aromatic N) is 3. The summed E-state index contributed by atoms with van der Waals surface area (Å²) >= 11 is 1.37. The van der Waals surface area contributed by atoms with Gasteiger partial charge in [-0.1, -0.05) is 6.07 Å². The second kappa shape index (κ2) is 7.28. The molecule has 4 aromatic rings. The average molecular weight is 362 g/mol. The van der Waals surface area contributed by atoms with Crippen LogP contribution in [0.25, 0.3) is 22.2 Å². The third-order valence-corrected chi connectivity index (χ3v) is 4.43. The Morgan fingerprint density at radius 1 is 1.12 bits per heavy atom. The number of rotatable bonds is 5. The van der Waals surface area contributed by atoms with Gasteiger partial charge in [0.15, 0.2) is 11.7 Å². The van der Waals surface area contributed by atoms with E-state index in [0.29, 0.717) is 10.9 Å². The molecule has 3 aromatic heterocycles. The largest absolute Gasteiger partial charge is 0.484 e. The Bertz CT molecular complexity index is 1050. The van der Waals surface area contributed by atoms with Crippen LogP contribution in [-0.4, -0.2) is 27.5 Å². The van der Waals surface area contributed by atoms with Crippen LogP contribution in [0, 0.1) is 0 Å². The molecule has 0 spiro atoms. The Kier molecular flexibility index (Phi) is 4.53. The van der Waals surface area contributed by atoms with Crippen LogP contribution in [0.15, 0.2) is 66.4 Å². The van der Waals surface area contributed by atoms with E-state index < -0.39 is 0 Å². The molecule has 128 valence electrons. The molecule has 1 amide bonds. The van der Waals surface area contributed by atoms with Crippen LogP contribution in [0.2, 0.25) is 0 Å². The molecule has 0 bridgehead atoms. The highest BCUT2D eigenvalue weighted by Gasteiger charge is 2.09. The van der Waals surface area contributed by atoms with E-state index in [1.807, 2.05) is 41.8 Å². The van der Waals surface area contributed by atoms with Gasteiger partial charge in [-0.2, -0.15) is 0 Å². The highest BCUT2D eigenvalue weighted by atomic mass is 32.1. The van der Waals surface area contributed by atoms with Crippen molar-refractivity contribution in [3.8, 4) is 17.0 Å². The van der Waals surface area contributed by atoms with E-state index >= 15 is 0 Å². The van der Waals surface area contributed by atoms with E-state index in [2.05, 4.69) is 20.3 Å². The van der Waals surface area contributed by atoms with Gasteiger partial charge in [0.2, 0.25) is 0 Å². The Hall–Kier alpha value is -3.32. The second-order valence-electron chi connectivity index (χ2n) is 5.47. The SMILES string of the molecule is O=C(COc1ccc2ncccc2c1)Nc1nc(-c2ccncc2)cs1. The minimum atomic E-state index is -0.257. The molecular weight excluding hydrogens is 348 g/mol. The fraction of sp³-hybridized carbons (Fsp3) is 0.0526. The normalized spacial score (nSPS) is 10.6. The molecule has 4 rings (SSSR count). The van der Waals surface area contributed by atoms with Gasteiger partial charge in [0.05, 0.1) is 11.2 Å². The fourth-order valence-electron chi connectivity index (χ4n) is 2.43. The topological polar surface area (TPSA) is 77.0 Å². The zero-order chi connectivity index (χ0) is 17.8. The molecule has 6 nitrogen and oxygen atoms in total. The number of ether oxygens (including phenoxy) is 1. The van der Waals surface area contributed by atoms with Crippen molar-refractivity contribution in [2.75, 3.05) is 11.9 Å². The maximum absolute atomic E-state index is 12.1. The number of aromatic nitrogens is 3. The van der Waals surface area contributed by atoms with Crippen LogP contribution < -0.4 is 10.1 Å². The van der Waals surface area contributed by atoms with Crippen molar-refractivity contribution in [3.63, 3.8) is 0 Å². The molecular formula is C19H14N4O2S. The first-order valence-electron chi connectivity index (χ1n) is 7.91. The van der Waals surface area contributed by atoms with Gasteiger partial charge < -0.3 is 4.74 Å². The van der Waals surface area contributed by atoms with Gasteiger partial charge in [-0.05, 0) is 36.4 Å². The Morgan fingerprint density at radius 3 is 2.88 bits per heavy atom. The monoisotopic (exact) mass is 362 g/mol. The quantitative estimate of drug-likeness (QED) is 0.585. The average Bonchev–Trinajstić information content (AvgIpc) is 3.15. The number of carbonyl (C=O) groups excluding carboxylic acids is 1. The van der Waals surface area contributed by atoms with Crippen molar-refractivity contribution in [3.05, 3.63) is 66.4 Å². The summed E-state index contributed by atoms with van der Waals surface area (Å²) in [6, 6.07) is 13.1. The molecule has 0 fully saturated rings. The molecule has 26 heavy (non-hydrogen) atoms. The van der Waals surface area contributed by atoms with Gasteiger partial charge in [-0.25, -0.2) is 4.98 Å². The van der Waals surface area contributed by atoms with Gasteiger partial charge >= 0.3 is 0 Å². The van der Waals surface area contributed by atoms with Gasteiger partial charge in [0.1, 0.15) is 5.75 Å². The van der Waals surface area contributed by atoms with E-state index in [1.54, 1.807) is 24.7 Å². The lowest BCUT2D eigenvalue weighted by atomic mass is 10.2. The lowest BCUT2D eigenvalue weighted by Gasteiger charge is -2.06. The summed E-state index contributed by atoms with van der Waals surface area (Å²) in [7, 11) is 0. The summed E-state index contributed by atoms with van der Waals surface area (Å²) in [5, 5.41) is 6.15. The summed E-state index contributed by atoms with van der Waals surface area (Å²) in [5.41, 5.74) is 2.64. The second-order valence-corrected chi connectivity index (χ2v) is 6.33. The smallest absolute Gasteiger partial charge is 0.264 e. The predicted molar refractivity (Wildman–Crippen MR) is 101 cm³/mol. The lowest BCUT2D eigenvalue weighted by Crippen LogP contribution is -2.20. The number of carbonyl (C=O) groups is 1. The fourth-order valence-corrected chi connectivity index (χ4v) is 3.17. The summed E-state index contributed by atoms with van der Waals surface area (Å²) < 4.78 is 5.57. The Balaban J connectivity index is 1.37. The molecule has 0 aliphatic heterocycles. The molecule has 0 radical (unpaired) electrons. The molecule has 3 heterocycles. The summed E-state index contributed by atoms with van der Waals surface area (Å²) in [6.07, 6.45) is 5.16. The number of pyridine rings is 2. The van der Waals surface area contributed by atoms with Crippen molar-refractivity contribution in [2.45, 2.75) is 0 Å². The van der Waals surface area contributed by atoms with Crippen molar-refractivity contribution < 1.29 is 9.53 Å². The highest BCUT2D eigenvalue weighted by molar-refractivity contribution is 7.14. The number of fused-ring (bicyclic) bond motifs is 1. The number of anilines is 1. The number of amides is 1. The molecule has 0 saturated carbocycles. The van der Waals surface area contributed by atoms with Crippen molar-refractivity contribution in [1.82, 2.24) is 15.0 Å². The summed E-state index contributed by atoms with van der Waals surface area (Å²) in [6.45, 7) is -0.0874. The van der Waals surface area contributed by atoms with E-state index in [9.17, 15) is 4.79 Å². The Morgan fingerprint density at radius 2 is 2.00 bits per heavy atom. The highest BCUT2D eigenvalue weighted by Crippen LogP contribution is 2.24. The third kappa shape index (κ3) is 3.68. The van der Waals surface area contributed by atoms with Crippen molar-refractivity contribution >= 4 is 33.3 Å². The van der Waals surface area contributed by atoms with E-state index in [-0.39, 0.29) is 12.5 Å². The number of hydrogen-bond acceptors (Lipinski definition) is 6. The van der Waals surface area contributed by atoms with Gasteiger partial charge in [0, 0.05) is 34.9 Å². The third-order valence-electron chi connectivity index (χ3n) is 3.67. The Labute approximate surface area is 153 Å². The molecule has 0 saturated heterocycles. The van der Waals surface area contributed by atoms with Crippen LogP contribution in [0.1, 0.15) is 0 Å². The molecule has 7 heteroatoms.